The van der Waals surface area contributed by atoms with Crippen molar-refractivity contribution in [2.24, 2.45) is 0 Å². The third-order valence-corrected chi connectivity index (χ3v) is 3.62. The van der Waals surface area contributed by atoms with Gasteiger partial charge in [-0.15, -0.1) is 0 Å². The third kappa shape index (κ3) is 6.14. The van der Waals surface area contributed by atoms with Crippen LogP contribution in [0.25, 0.3) is 0 Å². The molecule has 0 radical (unpaired) electrons. The number of rotatable bonds is 7. The largest absolute Gasteiger partial charge is 0.390 e. The third-order valence-electron chi connectivity index (χ3n) is 3.31. The molecule has 1 aromatic carbocycles. The Labute approximate surface area is 129 Å². The first-order valence-electron chi connectivity index (χ1n) is 7.05. The van der Waals surface area contributed by atoms with Gasteiger partial charge in [0, 0.05) is 19.6 Å². The van der Waals surface area contributed by atoms with Crippen LogP contribution in [0.15, 0.2) is 18.2 Å². The minimum absolute atomic E-state index is 0.105. The smallest absolute Gasteiger partial charge is 0.373 e. The number of benzene rings is 1. The zero-order valence-corrected chi connectivity index (χ0v) is 13.4. The number of alkyl halides is 3. The summed E-state index contributed by atoms with van der Waals surface area (Å²) in [5.74, 6) is 0. The van der Waals surface area contributed by atoms with Crippen LogP contribution in [0.4, 0.5) is 18.9 Å². The minimum atomic E-state index is -4.15. The van der Waals surface area contributed by atoms with Gasteiger partial charge in [0.05, 0.1) is 17.1 Å². The lowest BCUT2D eigenvalue weighted by atomic mass is 10.1. The normalized spacial score (nSPS) is 13.3. The van der Waals surface area contributed by atoms with Crippen molar-refractivity contribution in [1.29, 1.82) is 0 Å². The number of nitrogens with zero attached hydrogens (tertiary/aromatic N) is 1. The van der Waals surface area contributed by atoms with Gasteiger partial charge in [-0.05, 0) is 37.6 Å². The van der Waals surface area contributed by atoms with Crippen LogP contribution in [-0.2, 0) is 0 Å². The Morgan fingerprint density at radius 2 is 2.00 bits per heavy atom. The number of hydrogen-bond acceptors (Lipinski definition) is 2. The van der Waals surface area contributed by atoms with Crippen molar-refractivity contribution in [2.75, 3.05) is 25.0 Å². The van der Waals surface area contributed by atoms with Crippen LogP contribution < -0.4 is 10.2 Å². The van der Waals surface area contributed by atoms with E-state index in [0.29, 0.717) is 10.7 Å². The summed E-state index contributed by atoms with van der Waals surface area (Å²) in [6.45, 7) is 4.93. The molecule has 1 unspecified atom stereocenters. The van der Waals surface area contributed by atoms with E-state index >= 15 is 0 Å². The van der Waals surface area contributed by atoms with Crippen LogP contribution in [0.2, 0.25) is 5.02 Å². The molecule has 120 valence electrons. The predicted octanol–water partition coefficient (Wildman–Crippen LogP) is 4.79. The fraction of sp³-hybridized carbons (Fsp3) is 0.600. The Morgan fingerprint density at radius 3 is 2.52 bits per heavy atom. The molecule has 0 bridgehead atoms. The molecule has 0 aliphatic heterocycles. The maximum Gasteiger partial charge on any atom is 0.390 e. The van der Waals surface area contributed by atoms with Crippen molar-refractivity contribution < 1.29 is 13.2 Å². The van der Waals surface area contributed by atoms with Gasteiger partial charge >= 0.3 is 6.18 Å². The average molecular weight is 323 g/mol. The molecule has 0 aliphatic carbocycles. The average Bonchev–Trinajstić information content (AvgIpc) is 2.41. The Kier molecular flexibility index (Phi) is 6.81. The van der Waals surface area contributed by atoms with Crippen LogP contribution in [0, 0.1) is 0 Å². The molecular weight excluding hydrogens is 301 g/mol. The summed E-state index contributed by atoms with van der Waals surface area (Å²) in [5, 5.41) is 3.82. The Bertz CT molecular complexity index is 449. The van der Waals surface area contributed by atoms with E-state index in [0.717, 1.165) is 18.5 Å². The summed E-state index contributed by atoms with van der Waals surface area (Å²) in [7, 11) is 1.62. The predicted molar refractivity (Wildman–Crippen MR) is 82.1 cm³/mol. The Hall–Kier alpha value is -0.940. The van der Waals surface area contributed by atoms with Crippen molar-refractivity contribution in [3.8, 4) is 0 Å². The summed E-state index contributed by atoms with van der Waals surface area (Å²) in [6.07, 6.45) is -3.97. The monoisotopic (exact) mass is 322 g/mol. The lowest BCUT2D eigenvalue weighted by Crippen LogP contribution is -2.24. The lowest BCUT2D eigenvalue weighted by Gasteiger charge is -2.23. The Balaban J connectivity index is 2.73. The lowest BCUT2D eigenvalue weighted by molar-refractivity contribution is -0.132. The maximum absolute atomic E-state index is 12.3. The first kappa shape index (κ1) is 18.1. The summed E-state index contributed by atoms with van der Waals surface area (Å²) in [4.78, 5) is 1.53. The van der Waals surface area contributed by atoms with Crippen LogP contribution >= 0.6 is 11.6 Å². The molecule has 0 aromatic heterocycles. The quantitative estimate of drug-likeness (QED) is 0.776. The fourth-order valence-electron chi connectivity index (χ4n) is 2.00. The highest BCUT2D eigenvalue weighted by Gasteiger charge is 2.27. The van der Waals surface area contributed by atoms with E-state index in [1.165, 1.54) is 4.90 Å². The molecule has 0 heterocycles. The van der Waals surface area contributed by atoms with E-state index in [-0.39, 0.29) is 12.6 Å². The molecule has 21 heavy (non-hydrogen) atoms. The second-order valence-electron chi connectivity index (χ2n) is 5.17. The standard InChI is InChI=1S/C15H22ClF3N2/c1-4-8-20-11(2)12-5-6-14(13(16)10-12)21(3)9-7-15(17,18)19/h5-6,10-11,20H,4,7-9H2,1-3H3. The minimum Gasteiger partial charge on any atom is -0.373 e. The van der Waals surface area contributed by atoms with E-state index in [1.807, 2.05) is 19.1 Å². The van der Waals surface area contributed by atoms with Crippen LogP contribution in [-0.4, -0.2) is 26.3 Å². The highest BCUT2D eigenvalue weighted by Crippen LogP contribution is 2.29. The molecule has 2 nitrogen and oxygen atoms in total. The second-order valence-corrected chi connectivity index (χ2v) is 5.58. The van der Waals surface area contributed by atoms with Gasteiger partial charge in [-0.1, -0.05) is 24.6 Å². The molecule has 0 fully saturated rings. The van der Waals surface area contributed by atoms with Gasteiger partial charge < -0.3 is 10.2 Å². The van der Waals surface area contributed by atoms with E-state index in [1.54, 1.807) is 13.1 Å². The molecule has 0 amide bonds. The molecule has 1 N–H and O–H groups in total. The van der Waals surface area contributed by atoms with Gasteiger partial charge in [-0.25, -0.2) is 0 Å². The molecule has 1 rings (SSSR count). The van der Waals surface area contributed by atoms with Crippen molar-refractivity contribution >= 4 is 17.3 Å². The molecule has 1 atom stereocenters. The molecule has 0 spiro atoms. The molecular formula is C15H22ClF3N2. The highest BCUT2D eigenvalue weighted by atomic mass is 35.5. The van der Waals surface area contributed by atoms with Crippen molar-refractivity contribution in [3.05, 3.63) is 28.8 Å². The van der Waals surface area contributed by atoms with Gasteiger partial charge in [-0.2, -0.15) is 13.2 Å². The molecule has 0 saturated carbocycles. The van der Waals surface area contributed by atoms with Gasteiger partial charge in [0.2, 0.25) is 0 Å². The molecule has 0 saturated heterocycles. The van der Waals surface area contributed by atoms with E-state index in [2.05, 4.69) is 12.2 Å². The molecule has 1 aromatic rings. The molecule has 6 heteroatoms. The zero-order chi connectivity index (χ0) is 16.0. The second kappa shape index (κ2) is 7.90. The summed E-state index contributed by atoms with van der Waals surface area (Å²) in [6, 6.07) is 5.66. The van der Waals surface area contributed by atoms with Crippen LogP contribution in [0.3, 0.4) is 0 Å². The number of anilines is 1. The molecule has 0 aliphatic rings. The first-order chi connectivity index (χ1) is 9.74. The highest BCUT2D eigenvalue weighted by molar-refractivity contribution is 6.33. The SMILES string of the molecule is CCCNC(C)c1ccc(N(C)CCC(F)(F)F)c(Cl)c1. The number of nitrogens with one attached hydrogen (secondary N) is 1. The van der Waals surface area contributed by atoms with Gasteiger partial charge in [0.25, 0.3) is 0 Å². The van der Waals surface area contributed by atoms with Crippen LogP contribution in [0.1, 0.15) is 38.3 Å². The van der Waals surface area contributed by atoms with E-state index in [4.69, 9.17) is 11.6 Å². The van der Waals surface area contributed by atoms with Crippen molar-refractivity contribution in [3.63, 3.8) is 0 Å². The summed E-state index contributed by atoms with van der Waals surface area (Å²) >= 11 is 6.20. The zero-order valence-electron chi connectivity index (χ0n) is 12.6. The van der Waals surface area contributed by atoms with E-state index < -0.39 is 12.6 Å². The van der Waals surface area contributed by atoms with Crippen molar-refractivity contribution in [2.45, 2.75) is 38.9 Å². The fourth-order valence-corrected chi connectivity index (χ4v) is 2.33. The first-order valence-corrected chi connectivity index (χ1v) is 7.43. The summed E-state index contributed by atoms with van der Waals surface area (Å²) < 4.78 is 36.8. The number of hydrogen-bond donors (Lipinski definition) is 1. The maximum atomic E-state index is 12.3. The topological polar surface area (TPSA) is 15.3 Å². The van der Waals surface area contributed by atoms with Gasteiger partial charge in [-0.3, -0.25) is 0 Å². The van der Waals surface area contributed by atoms with Crippen molar-refractivity contribution in [1.82, 2.24) is 5.32 Å². The summed E-state index contributed by atoms with van der Waals surface area (Å²) in [5.41, 5.74) is 1.65. The van der Waals surface area contributed by atoms with E-state index in [9.17, 15) is 13.2 Å². The Morgan fingerprint density at radius 1 is 1.33 bits per heavy atom. The van der Waals surface area contributed by atoms with Crippen LogP contribution in [0.5, 0.6) is 0 Å². The van der Waals surface area contributed by atoms with Gasteiger partial charge in [0.1, 0.15) is 0 Å². The number of halogens is 4. The van der Waals surface area contributed by atoms with Gasteiger partial charge in [0.15, 0.2) is 0 Å².